The van der Waals surface area contributed by atoms with Gasteiger partial charge in [-0.1, -0.05) is 29.3 Å². The average Bonchev–Trinajstić information content (AvgIpc) is 3.03. The minimum atomic E-state index is -3.69. The third kappa shape index (κ3) is 4.22. The molecule has 0 atom stereocenters. The molecule has 0 amide bonds. The van der Waals surface area contributed by atoms with Gasteiger partial charge in [-0.15, -0.1) is 0 Å². The summed E-state index contributed by atoms with van der Waals surface area (Å²) in [6.07, 6.45) is 2.36. The van der Waals surface area contributed by atoms with Gasteiger partial charge < -0.3 is 0 Å². The van der Waals surface area contributed by atoms with Crippen molar-refractivity contribution in [1.29, 1.82) is 0 Å². The zero-order chi connectivity index (χ0) is 17.2. The molecule has 4 nitrogen and oxygen atoms in total. The van der Waals surface area contributed by atoms with Gasteiger partial charge in [0.1, 0.15) is 0 Å². The second-order valence-electron chi connectivity index (χ2n) is 5.84. The Labute approximate surface area is 152 Å². The van der Waals surface area contributed by atoms with Gasteiger partial charge in [0.05, 0.1) is 10.6 Å². The highest BCUT2D eigenvalue weighted by Gasteiger charge is 2.19. The topological polar surface area (TPSA) is 49.4 Å². The number of benzene rings is 2. The zero-order valence-corrected chi connectivity index (χ0v) is 15.3. The number of nitrogens with one attached hydrogen (secondary N) is 1. The van der Waals surface area contributed by atoms with Crippen LogP contribution in [0.3, 0.4) is 0 Å². The normalized spacial score (nSPS) is 15.6. The smallest absolute Gasteiger partial charge is 0.261 e. The summed E-state index contributed by atoms with van der Waals surface area (Å²) < 4.78 is 27.9. The van der Waals surface area contributed by atoms with Crippen LogP contribution < -0.4 is 4.72 Å². The number of anilines is 1. The molecule has 0 unspecified atom stereocenters. The molecule has 1 fully saturated rings. The first kappa shape index (κ1) is 17.5. The van der Waals surface area contributed by atoms with Crippen molar-refractivity contribution in [3.8, 4) is 0 Å². The van der Waals surface area contributed by atoms with E-state index < -0.39 is 10.0 Å². The molecule has 2 aromatic carbocycles. The molecule has 24 heavy (non-hydrogen) atoms. The second-order valence-corrected chi connectivity index (χ2v) is 8.40. The Bertz CT molecular complexity index is 817. The summed E-state index contributed by atoms with van der Waals surface area (Å²) in [5, 5.41) is 0.986. The Kier molecular flexibility index (Phi) is 5.35. The summed E-state index contributed by atoms with van der Waals surface area (Å²) in [5.74, 6) is 0. The van der Waals surface area contributed by atoms with E-state index in [4.69, 9.17) is 23.2 Å². The molecule has 7 heteroatoms. The summed E-state index contributed by atoms with van der Waals surface area (Å²) in [7, 11) is -3.69. The molecule has 0 aliphatic carbocycles. The zero-order valence-electron chi connectivity index (χ0n) is 13.0. The van der Waals surface area contributed by atoms with Crippen molar-refractivity contribution in [3.05, 3.63) is 58.1 Å². The maximum atomic E-state index is 12.6. The Balaban J connectivity index is 1.87. The number of sulfonamides is 1. The van der Waals surface area contributed by atoms with Crippen LogP contribution in [0.1, 0.15) is 18.4 Å². The number of halogens is 2. The van der Waals surface area contributed by atoms with E-state index in [0.717, 1.165) is 18.7 Å². The van der Waals surface area contributed by atoms with E-state index in [2.05, 4.69) is 9.62 Å². The molecular weight excluding hydrogens is 367 g/mol. The Morgan fingerprint density at radius 2 is 1.58 bits per heavy atom. The van der Waals surface area contributed by atoms with E-state index >= 15 is 0 Å². The van der Waals surface area contributed by atoms with E-state index in [-0.39, 0.29) is 4.90 Å². The summed E-state index contributed by atoms with van der Waals surface area (Å²) in [5.41, 5.74) is 1.43. The first-order chi connectivity index (χ1) is 11.4. The van der Waals surface area contributed by atoms with Crippen LogP contribution in [0.4, 0.5) is 5.69 Å². The van der Waals surface area contributed by atoms with Crippen molar-refractivity contribution in [3.63, 3.8) is 0 Å². The van der Waals surface area contributed by atoms with Crippen LogP contribution in [0, 0.1) is 0 Å². The summed E-state index contributed by atoms with van der Waals surface area (Å²) >= 11 is 11.9. The van der Waals surface area contributed by atoms with Gasteiger partial charge in [0.25, 0.3) is 10.0 Å². The highest BCUT2D eigenvalue weighted by Crippen LogP contribution is 2.26. The van der Waals surface area contributed by atoms with Gasteiger partial charge in [-0.3, -0.25) is 9.62 Å². The monoisotopic (exact) mass is 384 g/mol. The van der Waals surface area contributed by atoms with Gasteiger partial charge in [0, 0.05) is 16.6 Å². The van der Waals surface area contributed by atoms with Gasteiger partial charge in [0.15, 0.2) is 0 Å². The number of likely N-dealkylation sites (tertiary alicyclic amines) is 1. The van der Waals surface area contributed by atoms with Crippen LogP contribution in [0.15, 0.2) is 47.4 Å². The molecule has 1 aliphatic heterocycles. The molecule has 0 aromatic heterocycles. The number of rotatable bonds is 5. The molecule has 1 saturated heterocycles. The third-order valence-corrected chi connectivity index (χ3v) is 5.90. The standard InChI is InChI=1S/C17H18Cl2N2O2S/c18-14-5-7-16(8-6-14)24(22,23)20-17-11-15(19)4-3-13(17)12-21-9-1-2-10-21/h3-8,11,20H,1-2,9-10,12H2. The Hall–Kier alpha value is -1.27. The van der Waals surface area contributed by atoms with Gasteiger partial charge in [-0.25, -0.2) is 8.42 Å². The quantitative estimate of drug-likeness (QED) is 0.831. The Morgan fingerprint density at radius 1 is 0.958 bits per heavy atom. The minimum absolute atomic E-state index is 0.166. The lowest BCUT2D eigenvalue weighted by atomic mass is 10.1. The van der Waals surface area contributed by atoms with Gasteiger partial charge in [-0.05, 0) is 67.9 Å². The van der Waals surface area contributed by atoms with Crippen molar-refractivity contribution in [2.45, 2.75) is 24.3 Å². The van der Waals surface area contributed by atoms with Crippen LogP contribution in [0.25, 0.3) is 0 Å². The molecular formula is C17H18Cl2N2O2S. The summed E-state index contributed by atoms with van der Waals surface area (Å²) in [6.45, 7) is 2.77. The van der Waals surface area contributed by atoms with Crippen molar-refractivity contribution in [2.75, 3.05) is 17.8 Å². The molecule has 1 N–H and O–H groups in total. The van der Waals surface area contributed by atoms with E-state index in [1.54, 1.807) is 24.3 Å². The lowest BCUT2D eigenvalue weighted by Gasteiger charge is -2.18. The molecule has 1 aliphatic rings. The maximum absolute atomic E-state index is 12.6. The molecule has 0 saturated carbocycles. The van der Waals surface area contributed by atoms with E-state index in [0.29, 0.717) is 22.3 Å². The molecule has 1 heterocycles. The maximum Gasteiger partial charge on any atom is 0.261 e. The van der Waals surface area contributed by atoms with Crippen molar-refractivity contribution in [2.24, 2.45) is 0 Å². The molecule has 0 spiro atoms. The van der Waals surface area contributed by atoms with Crippen LogP contribution in [-0.4, -0.2) is 26.4 Å². The fraction of sp³-hybridized carbons (Fsp3) is 0.294. The second kappa shape index (κ2) is 7.31. The van der Waals surface area contributed by atoms with Crippen molar-refractivity contribution in [1.82, 2.24) is 4.90 Å². The van der Waals surface area contributed by atoms with E-state index in [9.17, 15) is 8.42 Å². The highest BCUT2D eigenvalue weighted by atomic mass is 35.5. The molecule has 0 bridgehead atoms. The predicted octanol–water partition coefficient (Wildman–Crippen LogP) is 4.39. The fourth-order valence-corrected chi connectivity index (χ4v) is 4.17. The minimum Gasteiger partial charge on any atom is -0.299 e. The van der Waals surface area contributed by atoms with E-state index in [1.165, 1.54) is 25.0 Å². The van der Waals surface area contributed by atoms with Crippen molar-refractivity contribution >= 4 is 38.9 Å². The summed E-state index contributed by atoms with van der Waals surface area (Å²) in [4.78, 5) is 2.47. The number of hydrogen-bond donors (Lipinski definition) is 1. The number of nitrogens with zero attached hydrogens (tertiary/aromatic N) is 1. The highest BCUT2D eigenvalue weighted by molar-refractivity contribution is 7.92. The molecule has 0 radical (unpaired) electrons. The lowest BCUT2D eigenvalue weighted by molar-refractivity contribution is 0.332. The lowest BCUT2D eigenvalue weighted by Crippen LogP contribution is -2.20. The van der Waals surface area contributed by atoms with Gasteiger partial charge >= 0.3 is 0 Å². The fourth-order valence-electron chi connectivity index (χ4n) is 2.78. The van der Waals surface area contributed by atoms with Gasteiger partial charge in [-0.2, -0.15) is 0 Å². The van der Waals surface area contributed by atoms with E-state index in [1.807, 2.05) is 6.07 Å². The molecule has 3 rings (SSSR count). The van der Waals surface area contributed by atoms with Crippen LogP contribution in [0.2, 0.25) is 10.0 Å². The first-order valence-electron chi connectivity index (χ1n) is 7.73. The number of hydrogen-bond acceptors (Lipinski definition) is 3. The first-order valence-corrected chi connectivity index (χ1v) is 9.97. The predicted molar refractivity (Wildman–Crippen MR) is 98.2 cm³/mol. The Morgan fingerprint density at radius 3 is 2.25 bits per heavy atom. The van der Waals surface area contributed by atoms with Crippen LogP contribution in [-0.2, 0) is 16.6 Å². The molecule has 2 aromatic rings. The third-order valence-electron chi connectivity index (χ3n) is 4.03. The van der Waals surface area contributed by atoms with Crippen molar-refractivity contribution < 1.29 is 8.42 Å². The van der Waals surface area contributed by atoms with Crippen LogP contribution in [0.5, 0.6) is 0 Å². The largest absolute Gasteiger partial charge is 0.299 e. The molecule has 128 valence electrons. The SMILES string of the molecule is O=S(=O)(Nc1cc(Cl)ccc1CN1CCCC1)c1ccc(Cl)cc1. The average molecular weight is 385 g/mol. The van der Waals surface area contributed by atoms with Crippen LogP contribution >= 0.6 is 23.2 Å². The summed E-state index contributed by atoms with van der Waals surface area (Å²) in [6, 6.07) is 11.4. The van der Waals surface area contributed by atoms with Gasteiger partial charge in [0.2, 0.25) is 0 Å².